The van der Waals surface area contributed by atoms with Crippen molar-refractivity contribution in [2.75, 3.05) is 26.3 Å². The largest absolute Gasteiger partial charge is 0.486 e. The molecule has 1 aromatic rings. The Labute approximate surface area is 124 Å². The number of nitrogens with zero attached hydrogens (tertiary/aromatic N) is 1. The second kappa shape index (κ2) is 6.35. The van der Waals surface area contributed by atoms with Gasteiger partial charge in [-0.05, 0) is 43.6 Å². The first-order valence-corrected chi connectivity index (χ1v) is 7.62. The lowest BCUT2D eigenvalue weighted by Crippen LogP contribution is -2.35. The van der Waals surface area contributed by atoms with Gasteiger partial charge in [0.2, 0.25) is 0 Å². The Morgan fingerprint density at radius 3 is 2.38 bits per heavy atom. The molecule has 0 radical (unpaired) electrons. The van der Waals surface area contributed by atoms with Crippen LogP contribution in [0.15, 0.2) is 18.2 Å². The smallest absolute Gasteiger partial charge is 0.325 e. The Kier molecular flexibility index (Phi) is 4.29. The predicted octanol–water partition coefficient (Wildman–Crippen LogP) is 2.46. The molecular formula is C16H21NO4. The van der Waals surface area contributed by atoms with E-state index in [9.17, 15) is 9.90 Å². The molecule has 2 aliphatic heterocycles. The van der Waals surface area contributed by atoms with Crippen LogP contribution in [0.4, 0.5) is 0 Å². The Bertz CT molecular complexity index is 509. The van der Waals surface area contributed by atoms with E-state index in [0.29, 0.717) is 24.7 Å². The molecule has 114 valence electrons. The highest BCUT2D eigenvalue weighted by Crippen LogP contribution is 2.34. The summed E-state index contributed by atoms with van der Waals surface area (Å²) in [7, 11) is 0. The van der Waals surface area contributed by atoms with E-state index >= 15 is 0 Å². The van der Waals surface area contributed by atoms with Gasteiger partial charge in [-0.25, -0.2) is 0 Å². The summed E-state index contributed by atoms with van der Waals surface area (Å²) in [6, 6.07) is 4.88. The second-order valence-corrected chi connectivity index (χ2v) is 5.59. The molecule has 1 saturated heterocycles. The molecule has 5 nitrogen and oxygen atoms in total. The maximum Gasteiger partial charge on any atom is 0.325 e. The molecule has 2 heterocycles. The summed E-state index contributed by atoms with van der Waals surface area (Å²) in [4.78, 5) is 13.8. The molecule has 0 bridgehead atoms. The van der Waals surface area contributed by atoms with Crippen molar-refractivity contribution >= 4 is 5.97 Å². The lowest BCUT2D eigenvalue weighted by molar-refractivity contribution is -0.143. The highest BCUT2D eigenvalue weighted by molar-refractivity contribution is 5.76. The van der Waals surface area contributed by atoms with E-state index in [2.05, 4.69) is 4.90 Å². The third-order valence-electron chi connectivity index (χ3n) is 4.12. The van der Waals surface area contributed by atoms with E-state index in [0.717, 1.165) is 31.5 Å². The molecule has 1 N–H and O–H groups in total. The monoisotopic (exact) mass is 291 g/mol. The molecule has 3 rings (SSSR count). The van der Waals surface area contributed by atoms with Crippen molar-refractivity contribution in [1.82, 2.24) is 4.90 Å². The van der Waals surface area contributed by atoms with Crippen LogP contribution in [0, 0.1) is 0 Å². The first-order valence-electron chi connectivity index (χ1n) is 7.62. The summed E-state index contributed by atoms with van der Waals surface area (Å²) in [5.74, 6) is 0.554. The predicted molar refractivity (Wildman–Crippen MR) is 77.8 cm³/mol. The minimum Gasteiger partial charge on any atom is -0.486 e. The molecule has 1 fully saturated rings. The minimum absolute atomic E-state index is 0.512. The van der Waals surface area contributed by atoms with Gasteiger partial charge in [0.1, 0.15) is 19.3 Å². The van der Waals surface area contributed by atoms with Crippen molar-refractivity contribution in [3.63, 3.8) is 0 Å². The van der Waals surface area contributed by atoms with Crippen molar-refractivity contribution in [1.29, 1.82) is 0 Å². The standard InChI is InChI=1S/C16H21NO4/c18-16(19)15(17-7-3-1-2-4-8-17)12-5-6-13-14(11-12)21-10-9-20-13/h5-6,11,15H,1-4,7-10H2,(H,18,19)/t15-/m0/s1. The van der Waals surface area contributed by atoms with E-state index in [1.54, 1.807) is 0 Å². The molecule has 0 unspecified atom stereocenters. The van der Waals surface area contributed by atoms with Gasteiger partial charge in [-0.2, -0.15) is 0 Å². The van der Waals surface area contributed by atoms with E-state index in [4.69, 9.17) is 9.47 Å². The lowest BCUT2D eigenvalue weighted by atomic mass is 10.0. The fourth-order valence-corrected chi connectivity index (χ4v) is 3.09. The van der Waals surface area contributed by atoms with E-state index in [1.807, 2.05) is 18.2 Å². The average Bonchev–Trinajstić information content (AvgIpc) is 2.76. The third-order valence-corrected chi connectivity index (χ3v) is 4.12. The maximum atomic E-state index is 11.8. The van der Waals surface area contributed by atoms with Crippen LogP contribution < -0.4 is 9.47 Å². The average molecular weight is 291 g/mol. The van der Waals surface area contributed by atoms with Crippen molar-refractivity contribution < 1.29 is 19.4 Å². The van der Waals surface area contributed by atoms with Crippen molar-refractivity contribution in [2.45, 2.75) is 31.7 Å². The zero-order valence-corrected chi connectivity index (χ0v) is 12.1. The van der Waals surface area contributed by atoms with E-state index in [1.165, 1.54) is 12.8 Å². The number of aliphatic carboxylic acids is 1. The second-order valence-electron chi connectivity index (χ2n) is 5.59. The highest BCUT2D eigenvalue weighted by atomic mass is 16.6. The Morgan fingerprint density at radius 2 is 1.71 bits per heavy atom. The quantitative estimate of drug-likeness (QED) is 0.927. The summed E-state index contributed by atoms with van der Waals surface area (Å²) in [6.45, 7) is 2.73. The maximum absolute atomic E-state index is 11.8. The van der Waals surface area contributed by atoms with Crippen LogP contribution in [-0.4, -0.2) is 42.3 Å². The molecule has 21 heavy (non-hydrogen) atoms. The zero-order valence-electron chi connectivity index (χ0n) is 12.1. The van der Waals surface area contributed by atoms with Crippen LogP contribution in [0.2, 0.25) is 0 Å². The summed E-state index contributed by atoms with van der Waals surface area (Å²) < 4.78 is 11.1. The summed E-state index contributed by atoms with van der Waals surface area (Å²) in [5, 5.41) is 9.66. The third kappa shape index (κ3) is 3.13. The topological polar surface area (TPSA) is 59.0 Å². The lowest BCUT2D eigenvalue weighted by Gasteiger charge is -2.28. The molecule has 2 aliphatic rings. The molecule has 1 aromatic carbocycles. The molecule has 0 spiro atoms. The van der Waals surface area contributed by atoms with Gasteiger partial charge in [-0.15, -0.1) is 0 Å². The number of carboxylic acid groups (broad SMARTS) is 1. The fourth-order valence-electron chi connectivity index (χ4n) is 3.09. The first kappa shape index (κ1) is 14.2. The molecule has 0 aromatic heterocycles. The number of carbonyl (C=O) groups is 1. The van der Waals surface area contributed by atoms with Gasteiger partial charge < -0.3 is 14.6 Å². The number of carboxylic acids is 1. The number of rotatable bonds is 3. The Balaban J connectivity index is 1.87. The van der Waals surface area contributed by atoms with Gasteiger partial charge in [0, 0.05) is 0 Å². The highest BCUT2D eigenvalue weighted by Gasteiger charge is 2.29. The van der Waals surface area contributed by atoms with Crippen LogP contribution in [-0.2, 0) is 4.79 Å². The normalized spacial score (nSPS) is 20.6. The number of hydrogen-bond donors (Lipinski definition) is 1. The van der Waals surface area contributed by atoms with Crippen LogP contribution in [0.3, 0.4) is 0 Å². The molecule has 0 amide bonds. The molecule has 0 aliphatic carbocycles. The molecule has 1 atom stereocenters. The van der Waals surface area contributed by atoms with Crippen LogP contribution in [0.25, 0.3) is 0 Å². The van der Waals surface area contributed by atoms with Crippen molar-refractivity contribution in [2.24, 2.45) is 0 Å². The van der Waals surface area contributed by atoms with Crippen LogP contribution in [0.1, 0.15) is 37.3 Å². The molecule has 0 saturated carbocycles. The number of hydrogen-bond acceptors (Lipinski definition) is 4. The zero-order chi connectivity index (χ0) is 14.7. The Morgan fingerprint density at radius 1 is 1.05 bits per heavy atom. The number of benzene rings is 1. The minimum atomic E-state index is -0.798. The van der Waals surface area contributed by atoms with E-state index in [-0.39, 0.29) is 0 Å². The molecular weight excluding hydrogens is 270 g/mol. The number of ether oxygens (including phenoxy) is 2. The number of likely N-dealkylation sites (tertiary alicyclic amines) is 1. The summed E-state index contributed by atoms with van der Waals surface area (Å²) in [6.07, 6.45) is 4.50. The van der Waals surface area contributed by atoms with E-state index < -0.39 is 12.0 Å². The van der Waals surface area contributed by atoms with Gasteiger partial charge in [-0.3, -0.25) is 9.69 Å². The van der Waals surface area contributed by atoms with Crippen molar-refractivity contribution in [3.8, 4) is 11.5 Å². The van der Waals surface area contributed by atoms with Crippen molar-refractivity contribution in [3.05, 3.63) is 23.8 Å². The summed E-state index contributed by atoms with van der Waals surface area (Å²) in [5.41, 5.74) is 0.772. The number of fused-ring (bicyclic) bond motifs is 1. The van der Waals surface area contributed by atoms with Crippen LogP contribution in [0.5, 0.6) is 11.5 Å². The van der Waals surface area contributed by atoms with Crippen LogP contribution >= 0.6 is 0 Å². The fraction of sp³-hybridized carbons (Fsp3) is 0.562. The van der Waals surface area contributed by atoms with Gasteiger partial charge in [-0.1, -0.05) is 18.9 Å². The van der Waals surface area contributed by atoms with Gasteiger partial charge in [0.25, 0.3) is 0 Å². The first-order chi connectivity index (χ1) is 10.3. The van der Waals surface area contributed by atoms with Gasteiger partial charge in [0.05, 0.1) is 0 Å². The SMILES string of the molecule is O=C(O)[C@H](c1ccc2c(c1)OCCO2)N1CCCCCC1. The molecule has 5 heteroatoms. The van der Waals surface area contributed by atoms with Gasteiger partial charge in [0.15, 0.2) is 11.5 Å². The Hall–Kier alpha value is -1.75. The summed E-state index contributed by atoms with van der Waals surface area (Å²) >= 11 is 0. The van der Waals surface area contributed by atoms with Gasteiger partial charge >= 0.3 is 5.97 Å².